The van der Waals surface area contributed by atoms with Crippen molar-refractivity contribution in [3.05, 3.63) is 70.7 Å². The molecule has 2 N–H and O–H groups in total. The highest BCUT2D eigenvalue weighted by molar-refractivity contribution is 6.07. The van der Waals surface area contributed by atoms with Gasteiger partial charge in [-0.3, -0.25) is 14.6 Å². The number of aryl methyl sites for hydroxylation is 3. The number of nitrogens with zero attached hydrogens (tertiary/aromatic N) is 2. The summed E-state index contributed by atoms with van der Waals surface area (Å²) in [6.07, 6.45) is 1.42. The van der Waals surface area contributed by atoms with Crippen LogP contribution in [0, 0.1) is 20.8 Å². The monoisotopic (exact) mass is 350 g/mol. The third-order valence-corrected chi connectivity index (χ3v) is 3.75. The van der Waals surface area contributed by atoms with Gasteiger partial charge in [0.1, 0.15) is 11.5 Å². The molecule has 1 aromatic carbocycles. The third kappa shape index (κ3) is 3.94. The second-order valence-electron chi connectivity index (χ2n) is 5.98. The van der Waals surface area contributed by atoms with Crippen LogP contribution in [0.3, 0.4) is 0 Å². The summed E-state index contributed by atoms with van der Waals surface area (Å²) < 4.78 is 4.91. The highest BCUT2D eigenvalue weighted by Gasteiger charge is 2.14. The molecule has 7 nitrogen and oxygen atoms in total. The summed E-state index contributed by atoms with van der Waals surface area (Å²) in [5, 5.41) is 9.13. The van der Waals surface area contributed by atoms with Gasteiger partial charge in [0.05, 0.1) is 0 Å². The largest absolute Gasteiger partial charge is 0.360 e. The maximum atomic E-state index is 12.5. The number of rotatable bonds is 4. The fourth-order valence-corrected chi connectivity index (χ4v) is 2.45. The van der Waals surface area contributed by atoms with Gasteiger partial charge in [0, 0.05) is 23.5 Å². The number of amides is 2. The zero-order chi connectivity index (χ0) is 18.7. The second kappa shape index (κ2) is 7.18. The van der Waals surface area contributed by atoms with Crippen LogP contribution in [0.2, 0.25) is 0 Å². The summed E-state index contributed by atoms with van der Waals surface area (Å²) in [6, 6.07) is 10.3. The van der Waals surface area contributed by atoms with Crippen LogP contribution in [0.5, 0.6) is 0 Å². The van der Waals surface area contributed by atoms with E-state index in [-0.39, 0.29) is 11.6 Å². The van der Waals surface area contributed by atoms with Crippen LogP contribution < -0.4 is 10.6 Å². The number of hydrogen-bond donors (Lipinski definition) is 2. The topological polar surface area (TPSA) is 97.1 Å². The Hall–Kier alpha value is -3.48. The number of anilines is 2. The second-order valence-corrected chi connectivity index (χ2v) is 5.98. The van der Waals surface area contributed by atoms with E-state index in [2.05, 4.69) is 20.8 Å². The van der Waals surface area contributed by atoms with Crippen LogP contribution in [0.1, 0.15) is 37.7 Å². The molecule has 0 saturated carbocycles. The molecule has 0 bridgehead atoms. The summed E-state index contributed by atoms with van der Waals surface area (Å²) in [6.45, 7) is 5.63. The summed E-state index contributed by atoms with van der Waals surface area (Å²) in [5.41, 5.74) is 3.21. The lowest BCUT2D eigenvalue weighted by Crippen LogP contribution is -2.17. The Bertz CT molecular complexity index is 978. The van der Waals surface area contributed by atoms with E-state index in [1.54, 1.807) is 13.0 Å². The average molecular weight is 350 g/mol. The average Bonchev–Trinajstić information content (AvgIpc) is 3.02. The van der Waals surface area contributed by atoms with E-state index >= 15 is 0 Å². The minimum Gasteiger partial charge on any atom is -0.360 e. The lowest BCUT2D eigenvalue weighted by Gasteiger charge is -2.09. The molecule has 0 aliphatic carbocycles. The van der Waals surface area contributed by atoms with Gasteiger partial charge in [0.15, 0.2) is 5.82 Å². The van der Waals surface area contributed by atoms with Crippen LogP contribution in [0.15, 0.2) is 47.1 Å². The molecule has 2 aromatic heterocycles. The zero-order valence-corrected chi connectivity index (χ0v) is 14.7. The van der Waals surface area contributed by atoms with Gasteiger partial charge in [-0.25, -0.2) is 0 Å². The van der Waals surface area contributed by atoms with Gasteiger partial charge in [-0.2, -0.15) is 0 Å². The first-order valence-corrected chi connectivity index (χ1v) is 8.02. The fraction of sp³-hybridized carbons (Fsp3) is 0.158. The fourth-order valence-electron chi connectivity index (χ4n) is 2.45. The van der Waals surface area contributed by atoms with E-state index < -0.39 is 5.91 Å². The van der Waals surface area contributed by atoms with Gasteiger partial charge in [-0.15, -0.1) is 0 Å². The lowest BCUT2D eigenvalue weighted by atomic mass is 10.1. The standard InChI is InChI=1S/C19H18N4O3/c1-11-4-5-15(12(2)8-11)21-19(25)16-10-14(6-7-20-16)18(24)22-17-9-13(3)26-23-17/h4-10H,1-3H3,(H,21,25)(H,22,23,24). The first-order chi connectivity index (χ1) is 12.4. The van der Waals surface area contributed by atoms with Crippen molar-refractivity contribution in [2.24, 2.45) is 0 Å². The molecule has 0 saturated heterocycles. The van der Waals surface area contributed by atoms with E-state index in [1.165, 1.54) is 18.3 Å². The molecule has 0 fully saturated rings. The first kappa shape index (κ1) is 17.3. The molecule has 3 rings (SSSR count). The van der Waals surface area contributed by atoms with Crippen molar-refractivity contribution in [3.63, 3.8) is 0 Å². The van der Waals surface area contributed by atoms with E-state index in [0.717, 1.165) is 11.1 Å². The van der Waals surface area contributed by atoms with Crippen LogP contribution in [0.4, 0.5) is 11.5 Å². The number of carbonyl (C=O) groups excluding carboxylic acids is 2. The molecule has 0 aliphatic rings. The molecular weight excluding hydrogens is 332 g/mol. The van der Waals surface area contributed by atoms with Crippen molar-refractivity contribution < 1.29 is 14.1 Å². The van der Waals surface area contributed by atoms with Gasteiger partial charge < -0.3 is 15.2 Å². The Balaban J connectivity index is 1.75. The van der Waals surface area contributed by atoms with Crippen molar-refractivity contribution in [1.82, 2.24) is 10.1 Å². The Labute approximate surface area is 150 Å². The van der Waals surface area contributed by atoms with Gasteiger partial charge in [-0.1, -0.05) is 22.9 Å². The third-order valence-electron chi connectivity index (χ3n) is 3.75. The minimum absolute atomic E-state index is 0.147. The van der Waals surface area contributed by atoms with E-state index in [1.807, 2.05) is 32.0 Å². The summed E-state index contributed by atoms with van der Waals surface area (Å²) >= 11 is 0. The lowest BCUT2D eigenvalue weighted by molar-refractivity contribution is 0.102. The molecule has 3 aromatic rings. The van der Waals surface area contributed by atoms with Crippen molar-refractivity contribution in [1.29, 1.82) is 0 Å². The first-order valence-electron chi connectivity index (χ1n) is 8.02. The van der Waals surface area contributed by atoms with E-state index in [4.69, 9.17) is 4.52 Å². The zero-order valence-electron chi connectivity index (χ0n) is 14.7. The smallest absolute Gasteiger partial charge is 0.274 e. The molecule has 26 heavy (non-hydrogen) atoms. The SMILES string of the molecule is Cc1ccc(NC(=O)c2cc(C(=O)Nc3cc(C)on3)ccn2)c(C)c1. The van der Waals surface area contributed by atoms with Gasteiger partial charge >= 0.3 is 0 Å². The van der Waals surface area contributed by atoms with Crippen LogP contribution in [0.25, 0.3) is 0 Å². The van der Waals surface area contributed by atoms with Crippen molar-refractivity contribution in [2.45, 2.75) is 20.8 Å². The quantitative estimate of drug-likeness (QED) is 0.750. The molecule has 2 amide bonds. The minimum atomic E-state index is -0.402. The number of hydrogen-bond acceptors (Lipinski definition) is 5. The van der Waals surface area contributed by atoms with Crippen molar-refractivity contribution in [2.75, 3.05) is 10.6 Å². The Morgan fingerprint density at radius 1 is 0.962 bits per heavy atom. The summed E-state index contributed by atoms with van der Waals surface area (Å²) in [7, 11) is 0. The van der Waals surface area contributed by atoms with E-state index in [9.17, 15) is 9.59 Å². The molecule has 0 atom stereocenters. The predicted molar refractivity (Wildman–Crippen MR) is 97.3 cm³/mol. The van der Waals surface area contributed by atoms with Crippen molar-refractivity contribution >= 4 is 23.3 Å². The summed E-state index contributed by atoms with van der Waals surface area (Å²) in [4.78, 5) is 28.8. The van der Waals surface area contributed by atoms with Crippen LogP contribution >= 0.6 is 0 Å². The van der Waals surface area contributed by atoms with E-state index in [0.29, 0.717) is 22.8 Å². The van der Waals surface area contributed by atoms with Gasteiger partial charge in [0.25, 0.3) is 11.8 Å². The summed E-state index contributed by atoms with van der Waals surface area (Å²) in [5.74, 6) is 0.110. The Morgan fingerprint density at radius 2 is 1.77 bits per heavy atom. The molecule has 0 spiro atoms. The normalized spacial score (nSPS) is 10.4. The number of nitrogens with one attached hydrogen (secondary N) is 2. The van der Waals surface area contributed by atoms with Crippen LogP contribution in [-0.2, 0) is 0 Å². The predicted octanol–water partition coefficient (Wildman–Crippen LogP) is 3.50. The van der Waals surface area contributed by atoms with Crippen molar-refractivity contribution in [3.8, 4) is 0 Å². The number of aromatic nitrogens is 2. The maximum Gasteiger partial charge on any atom is 0.274 e. The molecule has 0 radical (unpaired) electrons. The number of carbonyl (C=O) groups is 2. The molecule has 0 unspecified atom stereocenters. The molecule has 7 heteroatoms. The van der Waals surface area contributed by atoms with Crippen LogP contribution in [-0.4, -0.2) is 22.0 Å². The number of pyridine rings is 1. The Kier molecular flexibility index (Phi) is 4.79. The van der Waals surface area contributed by atoms with Gasteiger partial charge in [-0.05, 0) is 44.5 Å². The molecular formula is C19H18N4O3. The molecule has 0 aliphatic heterocycles. The Morgan fingerprint density at radius 3 is 2.46 bits per heavy atom. The molecule has 2 heterocycles. The van der Waals surface area contributed by atoms with Gasteiger partial charge in [0.2, 0.25) is 0 Å². The molecule has 132 valence electrons. The number of benzene rings is 1. The highest BCUT2D eigenvalue weighted by atomic mass is 16.5. The maximum absolute atomic E-state index is 12.5. The highest BCUT2D eigenvalue weighted by Crippen LogP contribution is 2.17.